The SMILES string of the molecule is Cc1cc(C)c(C)c(C(Br)c2ccc(F)c(Cl)c2)c1C. The smallest absolute Gasteiger partial charge is 0.141 e. The third-order valence-corrected chi connectivity index (χ3v) is 5.19. The second-order valence-corrected chi connectivity index (χ2v) is 6.53. The Morgan fingerprint density at radius 2 is 1.55 bits per heavy atom. The fourth-order valence-electron chi connectivity index (χ4n) is 2.46. The number of aryl methyl sites for hydroxylation is 2. The number of benzene rings is 2. The molecule has 0 fully saturated rings. The maximum absolute atomic E-state index is 13.3. The maximum atomic E-state index is 13.3. The zero-order valence-corrected chi connectivity index (χ0v) is 14.4. The van der Waals surface area contributed by atoms with Crippen molar-refractivity contribution in [2.75, 3.05) is 0 Å². The van der Waals surface area contributed by atoms with E-state index in [4.69, 9.17) is 11.6 Å². The summed E-state index contributed by atoms with van der Waals surface area (Å²) in [5, 5.41) is 0.159. The molecule has 0 saturated heterocycles. The summed E-state index contributed by atoms with van der Waals surface area (Å²) in [6.07, 6.45) is 0. The maximum Gasteiger partial charge on any atom is 0.141 e. The first-order valence-corrected chi connectivity index (χ1v) is 7.78. The van der Waals surface area contributed by atoms with E-state index < -0.39 is 0 Å². The molecule has 0 amide bonds. The number of alkyl halides is 1. The van der Waals surface area contributed by atoms with Gasteiger partial charge in [0.2, 0.25) is 0 Å². The molecule has 0 saturated carbocycles. The van der Waals surface area contributed by atoms with Gasteiger partial charge in [-0.05, 0) is 73.2 Å². The van der Waals surface area contributed by atoms with E-state index in [1.165, 1.54) is 33.9 Å². The summed E-state index contributed by atoms with van der Waals surface area (Å²) in [7, 11) is 0. The Hall–Kier alpha value is -0.860. The van der Waals surface area contributed by atoms with Crippen LogP contribution in [0, 0.1) is 33.5 Å². The fraction of sp³-hybridized carbons (Fsp3) is 0.294. The first kappa shape index (κ1) is 15.5. The molecule has 106 valence electrons. The largest absolute Gasteiger partial charge is 0.205 e. The molecule has 20 heavy (non-hydrogen) atoms. The van der Waals surface area contributed by atoms with Crippen LogP contribution in [-0.2, 0) is 0 Å². The van der Waals surface area contributed by atoms with Crippen molar-refractivity contribution in [2.24, 2.45) is 0 Å². The molecule has 0 nitrogen and oxygen atoms in total. The minimum Gasteiger partial charge on any atom is -0.205 e. The van der Waals surface area contributed by atoms with Crippen molar-refractivity contribution < 1.29 is 4.39 Å². The van der Waals surface area contributed by atoms with Gasteiger partial charge in [0.05, 0.1) is 9.85 Å². The third-order valence-electron chi connectivity index (χ3n) is 3.91. The predicted octanol–water partition coefficient (Wildman–Crippen LogP) is 6.20. The van der Waals surface area contributed by atoms with Gasteiger partial charge in [-0.2, -0.15) is 0 Å². The highest BCUT2D eigenvalue weighted by molar-refractivity contribution is 9.09. The van der Waals surface area contributed by atoms with Crippen molar-refractivity contribution in [3.63, 3.8) is 0 Å². The second kappa shape index (κ2) is 5.87. The van der Waals surface area contributed by atoms with Crippen LogP contribution in [0.4, 0.5) is 4.39 Å². The molecule has 0 aliphatic rings. The molecule has 0 aliphatic heterocycles. The van der Waals surface area contributed by atoms with E-state index in [2.05, 4.69) is 49.7 Å². The molecule has 0 aliphatic carbocycles. The number of rotatable bonds is 2. The monoisotopic (exact) mass is 354 g/mol. The molecule has 0 bridgehead atoms. The summed E-state index contributed by atoms with van der Waals surface area (Å²) < 4.78 is 13.3. The first-order chi connectivity index (χ1) is 9.32. The van der Waals surface area contributed by atoms with E-state index in [1.807, 2.05) is 0 Å². The van der Waals surface area contributed by atoms with Crippen molar-refractivity contribution >= 4 is 27.5 Å². The number of hydrogen-bond donors (Lipinski definition) is 0. The summed E-state index contributed by atoms with van der Waals surface area (Å²) >= 11 is 9.63. The lowest BCUT2D eigenvalue weighted by molar-refractivity contribution is 0.627. The summed E-state index contributed by atoms with van der Waals surface area (Å²) in [4.78, 5) is 0.0131. The molecule has 2 aromatic rings. The third kappa shape index (κ3) is 2.77. The molecule has 1 unspecified atom stereocenters. The van der Waals surface area contributed by atoms with Gasteiger partial charge in [0.15, 0.2) is 0 Å². The molecule has 2 rings (SSSR count). The van der Waals surface area contributed by atoms with Gasteiger partial charge in [0.1, 0.15) is 5.82 Å². The summed E-state index contributed by atoms with van der Waals surface area (Å²) in [6, 6.07) is 7.08. The van der Waals surface area contributed by atoms with Gasteiger partial charge in [-0.15, -0.1) is 0 Å². The number of halogens is 3. The van der Waals surface area contributed by atoms with Crippen molar-refractivity contribution in [1.82, 2.24) is 0 Å². The average molecular weight is 356 g/mol. The van der Waals surface area contributed by atoms with Crippen LogP contribution in [0.15, 0.2) is 24.3 Å². The Bertz CT molecular complexity index is 638. The minimum absolute atomic E-state index is 0.0131. The van der Waals surface area contributed by atoms with Gasteiger partial charge in [-0.3, -0.25) is 0 Å². The van der Waals surface area contributed by atoms with E-state index >= 15 is 0 Å². The van der Waals surface area contributed by atoms with Crippen LogP contribution in [-0.4, -0.2) is 0 Å². The van der Waals surface area contributed by atoms with E-state index in [9.17, 15) is 4.39 Å². The Balaban J connectivity index is 2.58. The van der Waals surface area contributed by atoms with Crippen molar-refractivity contribution in [2.45, 2.75) is 32.5 Å². The molecular weight excluding hydrogens is 339 g/mol. The van der Waals surface area contributed by atoms with Crippen LogP contribution in [0.3, 0.4) is 0 Å². The van der Waals surface area contributed by atoms with Gasteiger partial charge in [0.25, 0.3) is 0 Å². The Morgan fingerprint density at radius 3 is 2.05 bits per heavy atom. The lowest BCUT2D eigenvalue weighted by Crippen LogP contribution is -2.03. The normalized spacial score (nSPS) is 12.6. The molecule has 2 aromatic carbocycles. The zero-order chi connectivity index (χ0) is 15.0. The van der Waals surface area contributed by atoms with Crippen LogP contribution in [0.1, 0.15) is 38.2 Å². The van der Waals surface area contributed by atoms with E-state index in [1.54, 1.807) is 12.1 Å². The standard InChI is InChI=1S/C17H17BrClF/c1-9-7-10(2)12(4)16(11(9)3)17(18)13-5-6-15(20)14(19)8-13/h5-8,17H,1-4H3. The molecular formula is C17H17BrClF. The molecule has 0 spiro atoms. The molecule has 3 heteroatoms. The average Bonchev–Trinajstić information content (AvgIpc) is 2.40. The predicted molar refractivity (Wildman–Crippen MR) is 87.6 cm³/mol. The quantitative estimate of drug-likeness (QED) is 0.563. The molecule has 0 heterocycles. The first-order valence-electron chi connectivity index (χ1n) is 6.49. The Kier molecular flexibility index (Phi) is 4.55. The lowest BCUT2D eigenvalue weighted by atomic mass is 9.90. The summed E-state index contributed by atoms with van der Waals surface area (Å²) in [5.41, 5.74) is 7.25. The molecule has 0 radical (unpaired) electrons. The zero-order valence-electron chi connectivity index (χ0n) is 12.0. The van der Waals surface area contributed by atoms with E-state index in [0.29, 0.717) is 0 Å². The fourth-order valence-corrected chi connectivity index (χ4v) is 3.62. The van der Waals surface area contributed by atoms with Crippen LogP contribution in [0.5, 0.6) is 0 Å². The van der Waals surface area contributed by atoms with Crippen molar-refractivity contribution in [3.05, 3.63) is 68.5 Å². The summed E-state index contributed by atoms with van der Waals surface area (Å²) in [5.74, 6) is -0.385. The Morgan fingerprint density at radius 1 is 1.00 bits per heavy atom. The van der Waals surface area contributed by atoms with Gasteiger partial charge in [-0.1, -0.05) is 39.7 Å². The van der Waals surface area contributed by atoms with Crippen molar-refractivity contribution in [1.29, 1.82) is 0 Å². The van der Waals surface area contributed by atoms with Crippen LogP contribution in [0.2, 0.25) is 5.02 Å². The van der Waals surface area contributed by atoms with Crippen LogP contribution in [0.25, 0.3) is 0 Å². The minimum atomic E-state index is -0.385. The summed E-state index contributed by atoms with van der Waals surface area (Å²) in [6.45, 7) is 8.47. The van der Waals surface area contributed by atoms with Gasteiger partial charge >= 0.3 is 0 Å². The van der Waals surface area contributed by atoms with Gasteiger partial charge in [0, 0.05) is 0 Å². The molecule has 1 atom stereocenters. The molecule has 0 aromatic heterocycles. The van der Waals surface area contributed by atoms with Crippen molar-refractivity contribution in [3.8, 4) is 0 Å². The highest BCUT2D eigenvalue weighted by Gasteiger charge is 2.18. The lowest BCUT2D eigenvalue weighted by Gasteiger charge is -2.20. The second-order valence-electron chi connectivity index (χ2n) is 5.21. The highest BCUT2D eigenvalue weighted by Crippen LogP contribution is 2.38. The van der Waals surface area contributed by atoms with Gasteiger partial charge in [-0.25, -0.2) is 4.39 Å². The molecule has 0 N–H and O–H groups in total. The number of hydrogen-bond acceptors (Lipinski definition) is 0. The van der Waals surface area contributed by atoms with Gasteiger partial charge < -0.3 is 0 Å². The Labute approximate surface area is 133 Å². The van der Waals surface area contributed by atoms with E-state index in [0.717, 1.165) is 5.56 Å². The van der Waals surface area contributed by atoms with E-state index in [-0.39, 0.29) is 15.7 Å². The van der Waals surface area contributed by atoms with Crippen LogP contribution >= 0.6 is 27.5 Å². The topological polar surface area (TPSA) is 0 Å². The van der Waals surface area contributed by atoms with Crippen LogP contribution < -0.4 is 0 Å². The highest BCUT2D eigenvalue weighted by atomic mass is 79.9.